The Morgan fingerprint density at radius 3 is 2.59 bits per heavy atom. The summed E-state index contributed by atoms with van der Waals surface area (Å²) >= 11 is 6.13. The fourth-order valence-electron chi connectivity index (χ4n) is 5.45. The van der Waals surface area contributed by atoms with Crippen molar-refractivity contribution in [3.8, 4) is 11.1 Å². The van der Waals surface area contributed by atoms with Gasteiger partial charge in [0, 0.05) is 54.9 Å². The average molecular weight is 565 g/mol. The number of hydrogen-bond donors (Lipinski definition) is 1. The third-order valence-corrected chi connectivity index (χ3v) is 7.85. The first-order valence-electron chi connectivity index (χ1n) is 13.7. The molecule has 1 amide bonds. The SMILES string of the molecule is Cc1ccc(/C=C/CN2CCc3c(c4cc(-c5ccc(Cl)cc5)ccc4n3C(=O)NCc3ccnc(F)c3)C2)cc1. The van der Waals surface area contributed by atoms with E-state index < -0.39 is 5.95 Å². The highest BCUT2D eigenvalue weighted by Crippen LogP contribution is 2.34. The molecule has 5 aromatic rings. The number of nitrogens with zero attached hydrogens (tertiary/aromatic N) is 3. The van der Waals surface area contributed by atoms with Crippen LogP contribution >= 0.6 is 11.6 Å². The van der Waals surface area contributed by atoms with Crippen LogP contribution in [0.3, 0.4) is 0 Å². The summed E-state index contributed by atoms with van der Waals surface area (Å²) in [5.74, 6) is -0.563. The molecular weight excluding hydrogens is 535 g/mol. The molecule has 1 aliphatic heterocycles. The minimum atomic E-state index is -0.563. The predicted octanol–water partition coefficient (Wildman–Crippen LogP) is 7.63. The zero-order valence-corrected chi connectivity index (χ0v) is 23.5. The Hall–Kier alpha value is -4.26. The number of pyridine rings is 1. The summed E-state index contributed by atoms with van der Waals surface area (Å²) < 4.78 is 15.4. The van der Waals surface area contributed by atoms with E-state index in [1.54, 1.807) is 10.6 Å². The van der Waals surface area contributed by atoms with Crippen molar-refractivity contribution in [2.45, 2.75) is 26.4 Å². The highest BCUT2D eigenvalue weighted by molar-refractivity contribution is 6.30. The van der Waals surface area contributed by atoms with Crippen LogP contribution in [0, 0.1) is 12.9 Å². The number of nitrogens with one attached hydrogen (secondary N) is 1. The Kier molecular flexibility index (Phi) is 7.68. The molecule has 6 rings (SSSR count). The van der Waals surface area contributed by atoms with Crippen LogP contribution in [-0.2, 0) is 19.5 Å². The van der Waals surface area contributed by atoms with Crippen LogP contribution in [0.5, 0.6) is 0 Å². The van der Waals surface area contributed by atoms with E-state index in [1.165, 1.54) is 23.4 Å². The number of halogens is 2. The maximum absolute atomic E-state index is 13.6. The van der Waals surface area contributed by atoms with Crippen LogP contribution in [-0.4, -0.2) is 33.6 Å². The minimum absolute atomic E-state index is 0.214. The van der Waals surface area contributed by atoms with Gasteiger partial charge in [0.15, 0.2) is 0 Å². The molecule has 5 nitrogen and oxygen atoms in total. The topological polar surface area (TPSA) is 50.2 Å². The van der Waals surface area contributed by atoms with E-state index in [0.717, 1.165) is 59.3 Å². The summed E-state index contributed by atoms with van der Waals surface area (Å²) in [5, 5.41) is 4.73. The van der Waals surface area contributed by atoms with Gasteiger partial charge in [-0.15, -0.1) is 0 Å². The Morgan fingerprint density at radius 1 is 1.02 bits per heavy atom. The lowest BCUT2D eigenvalue weighted by Crippen LogP contribution is -2.34. The van der Waals surface area contributed by atoms with E-state index in [1.807, 2.05) is 36.4 Å². The molecule has 3 aromatic carbocycles. The molecule has 1 aliphatic rings. The third-order valence-electron chi connectivity index (χ3n) is 7.59. The summed E-state index contributed by atoms with van der Waals surface area (Å²) in [6, 6.07) is 25.3. The molecular formula is C34H30ClFN4O. The molecule has 206 valence electrons. The molecule has 0 saturated heterocycles. The summed E-state index contributed by atoms with van der Waals surface area (Å²) in [6.07, 6.45) is 6.51. The largest absolute Gasteiger partial charge is 0.333 e. The number of carbonyl (C=O) groups is 1. The standard InChI is InChI=1S/C34H30ClFN4O/c1-23-4-6-24(7-5-23)3-2-17-39-18-15-32-30(22-39)29-20-27(26-8-11-28(35)12-9-26)10-13-31(29)40(32)34(41)38-21-25-14-16-37-33(36)19-25/h2-14,16,19-20H,15,17-18,21-22H2,1H3,(H,38,41)/b3-2+. The van der Waals surface area contributed by atoms with Crippen LogP contribution in [0.1, 0.15) is 27.9 Å². The molecule has 0 fully saturated rings. The van der Waals surface area contributed by atoms with Crippen molar-refractivity contribution in [2.24, 2.45) is 0 Å². The van der Waals surface area contributed by atoms with E-state index in [-0.39, 0.29) is 12.6 Å². The molecule has 0 bridgehead atoms. The van der Waals surface area contributed by atoms with E-state index in [2.05, 4.69) is 64.6 Å². The summed E-state index contributed by atoms with van der Waals surface area (Å²) in [5.41, 5.74) is 8.27. The normalized spacial score (nSPS) is 13.5. The monoisotopic (exact) mass is 564 g/mol. The van der Waals surface area contributed by atoms with Gasteiger partial charge in [-0.25, -0.2) is 9.78 Å². The van der Waals surface area contributed by atoms with Crippen LogP contribution in [0.4, 0.5) is 9.18 Å². The molecule has 7 heteroatoms. The fraction of sp³-hybridized carbons (Fsp3) is 0.176. The van der Waals surface area contributed by atoms with Gasteiger partial charge in [-0.1, -0.05) is 71.8 Å². The summed E-state index contributed by atoms with van der Waals surface area (Å²) in [6.45, 7) is 4.70. The molecule has 41 heavy (non-hydrogen) atoms. The van der Waals surface area contributed by atoms with Crippen molar-refractivity contribution in [3.63, 3.8) is 0 Å². The van der Waals surface area contributed by atoms with Gasteiger partial charge in [-0.2, -0.15) is 4.39 Å². The average Bonchev–Trinajstić information content (AvgIpc) is 3.30. The van der Waals surface area contributed by atoms with Crippen molar-refractivity contribution >= 4 is 34.6 Å². The van der Waals surface area contributed by atoms with Crippen LogP contribution in [0.25, 0.3) is 28.1 Å². The second kappa shape index (κ2) is 11.7. The molecule has 0 unspecified atom stereocenters. The van der Waals surface area contributed by atoms with Crippen molar-refractivity contribution in [2.75, 3.05) is 13.1 Å². The predicted molar refractivity (Wildman–Crippen MR) is 163 cm³/mol. The highest BCUT2D eigenvalue weighted by atomic mass is 35.5. The number of aryl methyl sites for hydroxylation is 1. The van der Waals surface area contributed by atoms with Gasteiger partial charge in [-0.3, -0.25) is 9.47 Å². The maximum Gasteiger partial charge on any atom is 0.326 e. The van der Waals surface area contributed by atoms with E-state index in [0.29, 0.717) is 10.6 Å². The molecule has 0 atom stereocenters. The van der Waals surface area contributed by atoms with Crippen LogP contribution in [0.2, 0.25) is 5.02 Å². The van der Waals surface area contributed by atoms with E-state index in [9.17, 15) is 9.18 Å². The van der Waals surface area contributed by atoms with Crippen LogP contribution < -0.4 is 5.32 Å². The highest BCUT2D eigenvalue weighted by Gasteiger charge is 2.26. The number of rotatable bonds is 6. The lowest BCUT2D eigenvalue weighted by Gasteiger charge is -2.27. The number of fused-ring (bicyclic) bond motifs is 3. The first-order valence-corrected chi connectivity index (χ1v) is 14.1. The maximum atomic E-state index is 13.6. The second-order valence-corrected chi connectivity index (χ2v) is 10.9. The lowest BCUT2D eigenvalue weighted by molar-refractivity contribution is 0.240. The van der Waals surface area contributed by atoms with Crippen LogP contribution in [0.15, 0.2) is 91.1 Å². The van der Waals surface area contributed by atoms with Crippen molar-refractivity contribution in [1.29, 1.82) is 0 Å². The molecule has 3 heterocycles. The Labute approximate surface area is 243 Å². The number of amides is 1. The van der Waals surface area contributed by atoms with Crippen molar-refractivity contribution in [1.82, 2.24) is 19.8 Å². The van der Waals surface area contributed by atoms with E-state index >= 15 is 0 Å². The first kappa shape index (κ1) is 26.9. The van der Waals surface area contributed by atoms with Gasteiger partial charge < -0.3 is 5.32 Å². The van der Waals surface area contributed by atoms with Gasteiger partial charge in [0.25, 0.3) is 0 Å². The molecule has 0 aliphatic carbocycles. The zero-order chi connectivity index (χ0) is 28.3. The van der Waals surface area contributed by atoms with Gasteiger partial charge in [0.2, 0.25) is 5.95 Å². The lowest BCUT2D eigenvalue weighted by atomic mass is 10.00. The number of aromatic nitrogens is 2. The fourth-order valence-corrected chi connectivity index (χ4v) is 5.57. The summed E-state index contributed by atoms with van der Waals surface area (Å²) in [7, 11) is 0. The second-order valence-electron chi connectivity index (χ2n) is 10.4. The number of hydrogen-bond acceptors (Lipinski definition) is 3. The summed E-state index contributed by atoms with van der Waals surface area (Å²) in [4.78, 5) is 19.6. The minimum Gasteiger partial charge on any atom is -0.333 e. The van der Waals surface area contributed by atoms with Gasteiger partial charge >= 0.3 is 6.03 Å². The zero-order valence-electron chi connectivity index (χ0n) is 22.8. The van der Waals surface area contributed by atoms with Gasteiger partial charge in [-0.05, 0) is 71.1 Å². The molecule has 0 radical (unpaired) electrons. The Bertz CT molecular complexity index is 1740. The first-order chi connectivity index (χ1) is 19.9. The van der Waals surface area contributed by atoms with Gasteiger partial charge in [0.05, 0.1) is 5.52 Å². The van der Waals surface area contributed by atoms with Crippen molar-refractivity contribution < 1.29 is 9.18 Å². The Morgan fingerprint density at radius 2 is 1.80 bits per heavy atom. The molecule has 0 saturated carbocycles. The Balaban J connectivity index is 1.31. The number of carbonyl (C=O) groups excluding carboxylic acids is 1. The third kappa shape index (κ3) is 5.94. The van der Waals surface area contributed by atoms with Gasteiger partial charge in [0.1, 0.15) is 0 Å². The number of benzene rings is 3. The van der Waals surface area contributed by atoms with E-state index in [4.69, 9.17) is 11.6 Å². The molecule has 0 spiro atoms. The quantitative estimate of drug-likeness (QED) is 0.216. The molecule has 2 aromatic heterocycles. The van der Waals surface area contributed by atoms with Crippen molar-refractivity contribution in [3.05, 3.63) is 130 Å². The smallest absolute Gasteiger partial charge is 0.326 e. The molecule has 1 N–H and O–H groups in total.